The zero-order valence-electron chi connectivity index (χ0n) is 7.83. The summed E-state index contributed by atoms with van der Waals surface area (Å²) in [5, 5.41) is 9.02. The van der Waals surface area contributed by atoms with Gasteiger partial charge in [-0.15, -0.1) is 0 Å². The molecule has 0 radical (unpaired) electrons. The van der Waals surface area contributed by atoms with Crippen molar-refractivity contribution in [2.24, 2.45) is 5.73 Å². The molecule has 0 saturated heterocycles. The minimum absolute atomic E-state index is 0.0934. The van der Waals surface area contributed by atoms with Gasteiger partial charge in [-0.1, -0.05) is 30.4 Å². The second-order valence-corrected chi connectivity index (χ2v) is 2.93. The fourth-order valence-electron chi connectivity index (χ4n) is 1.25. The minimum atomic E-state index is 0.0934. The van der Waals surface area contributed by atoms with Gasteiger partial charge in [0.1, 0.15) is 0 Å². The predicted molar refractivity (Wildman–Crippen MR) is 55.2 cm³/mol. The van der Waals surface area contributed by atoms with E-state index in [4.69, 9.17) is 10.8 Å². The molecule has 13 heavy (non-hydrogen) atoms. The van der Waals surface area contributed by atoms with Crippen LogP contribution in [0, 0.1) is 6.92 Å². The van der Waals surface area contributed by atoms with Gasteiger partial charge in [0.15, 0.2) is 0 Å². The Morgan fingerprint density at radius 2 is 2.23 bits per heavy atom. The first-order chi connectivity index (χ1) is 6.29. The Kier molecular flexibility index (Phi) is 3.68. The van der Waals surface area contributed by atoms with Gasteiger partial charge in [0.05, 0.1) is 6.61 Å². The van der Waals surface area contributed by atoms with E-state index in [1.807, 2.05) is 37.3 Å². The Bertz CT molecular complexity index is 305. The van der Waals surface area contributed by atoms with E-state index in [2.05, 4.69) is 0 Å². The summed E-state index contributed by atoms with van der Waals surface area (Å²) in [5.74, 6) is 0. The standard InChI is InChI=1S/C11H15NO/c1-9-10(6-3-7-12)4-2-5-11(9)8-13/h2-6,13H,7-8,12H2,1H3. The lowest BCUT2D eigenvalue weighted by Gasteiger charge is -2.05. The predicted octanol–water partition coefficient (Wildman–Crippen LogP) is 1.46. The molecule has 1 aromatic rings. The average Bonchev–Trinajstić information content (AvgIpc) is 2.16. The van der Waals surface area contributed by atoms with Crippen LogP contribution in [0.2, 0.25) is 0 Å². The fraction of sp³-hybridized carbons (Fsp3) is 0.273. The number of hydrogen-bond acceptors (Lipinski definition) is 2. The highest BCUT2D eigenvalue weighted by Crippen LogP contribution is 2.14. The monoisotopic (exact) mass is 177 g/mol. The highest BCUT2D eigenvalue weighted by Gasteiger charge is 1.98. The third-order valence-electron chi connectivity index (χ3n) is 2.09. The van der Waals surface area contributed by atoms with E-state index >= 15 is 0 Å². The first kappa shape index (κ1) is 9.96. The molecule has 0 aliphatic rings. The minimum Gasteiger partial charge on any atom is -0.392 e. The largest absolute Gasteiger partial charge is 0.392 e. The molecule has 0 atom stereocenters. The Balaban J connectivity index is 3.01. The topological polar surface area (TPSA) is 46.2 Å². The van der Waals surface area contributed by atoms with Crippen LogP contribution < -0.4 is 5.73 Å². The summed E-state index contributed by atoms with van der Waals surface area (Å²) in [7, 11) is 0. The molecule has 0 aliphatic carbocycles. The molecule has 0 aliphatic heterocycles. The summed E-state index contributed by atoms with van der Waals surface area (Å²) in [6.45, 7) is 2.64. The molecule has 0 fully saturated rings. The maximum atomic E-state index is 9.02. The number of aliphatic hydroxyl groups excluding tert-OH is 1. The molecule has 0 spiro atoms. The third-order valence-corrected chi connectivity index (χ3v) is 2.09. The summed E-state index contributed by atoms with van der Waals surface area (Å²) in [6.07, 6.45) is 3.89. The van der Waals surface area contributed by atoms with Gasteiger partial charge in [-0.3, -0.25) is 0 Å². The molecule has 0 amide bonds. The molecule has 0 saturated carbocycles. The Morgan fingerprint density at radius 3 is 2.85 bits per heavy atom. The van der Waals surface area contributed by atoms with E-state index < -0.39 is 0 Å². The summed E-state index contributed by atoms with van der Waals surface area (Å²) < 4.78 is 0. The van der Waals surface area contributed by atoms with Crippen molar-refractivity contribution in [2.75, 3.05) is 6.54 Å². The quantitative estimate of drug-likeness (QED) is 0.734. The lowest BCUT2D eigenvalue weighted by molar-refractivity contribution is 0.281. The summed E-state index contributed by atoms with van der Waals surface area (Å²) in [4.78, 5) is 0. The number of benzene rings is 1. The maximum absolute atomic E-state index is 9.02. The van der Waals surface area contributed by atoms with Gasteiger partial charge in [0.2, 0.25) is 0 Å². The van der Waals surface area contributed by atoms with E-state index in [1.165, 1.54) is 0 Å². The van der Waals surface area contributed by atoms with Gasteiger partial charge in [-0.2, -0.15) is 0 Å². The normalized spacial score (nSPS) is 11.0. The van der Waals surface area contributed by atoms with Crippen LogP contribution in [0.3, 0.4) is 0 Å². The number of hydrogen-bond donors (Lipinski definition) is 2. The molecule has 2 nitrogen and oxygen atoms in total. The van der Waals surface area contributed by atoms with Gasteiger partial charge < -0.3 is 10.8 Å². The number of nitrogens with two attached hydrogens (primary N) is 1. The molecule has 0 aromatic heterocycles. The molecule has 3 N–H and O–H groups in total. The van der Waals surface area contributed by atoms with Crippen molar-refractivity contribution in [1.82, 2.24) is 0 Å². The number of aliphatic hydroxyl groups is 1. The van der Waals surface area contributed by atoms with Gasteiger partial charge in [-0.25, -0.2) is 0 Å². The van der Waals surface area contributed by atoms with Crippen molar-refractivity contribution in [3.63, 3.8) is 0 Å². The van der Waals surface area contributed by atoms with Crippen molar-refractivity contribution in [3.05, 3.63) is 41.0 Å². The van der Waals surface area contributed by atoms with Crippen LogP contribution in [0.5, 0.6) is 0 Å². The van der Waals surface area contributed by atoms with Crippen LogP contribution in [0.4, 0.5) is 0 Å². The second kappa shape index (κ2) is 4.80. The van der Waals surface area contributed by atoms with E-state index in [9.17, 15) is 0 Å². The van der Waals surface area contributed by atoms with Gasteiger partial charge in [0.25, 0.3) is 0 Å². The summed E-state index contributed by atoms with van der Waals surface area (Å²) in [6, 6.07) is 5.88. The van der Waals surface area contributed by atoms with Crippen molar-refractivity contribution in [1.29, 1.82) is 0 Å². The van der Waals surface area contributed by atoms with Gasteiger partial charge >= 0.3 is 0 Å². The average molecular weight is 177 g/mol. The van der Waals surface area contributed by atoms with E-state index in [-0.39, 0.29) is 6.61 Å². The summed E-state index contributed by atoms with van der Waals surface area (Å²) in [5.41, 5.74) is 8.57. The van der Waals surface area contributed by atoms with Crippen molar-refractivity contribution < 1.29 is 5.11 Å². The second-order valence-electron chi connectivity index (χ2n) is 2.93. The van der Waals surface area contributed by atoms with Crippen molar-refractivity contribution in [2.45, 2.75) is 13.5 Å². The first-order valence-electron chi connectivity index (χ1n) is 4.35. The number of rotatable bonds is 3. The maximum Gasteiger partial charge on any atom is 0.0684 e. The third kappa shape index (κ3) is 2.41. The molecule has 0 bridgehead atoms. The Morgan fingerprint density at radius 1 is 1.46 bits per heavy atom. The Hall–Kier alpha value is -1.12. The van der Waals surface area contributed by atoms with Crippen LogP contribution >= 0.6 is 0 Å². The fourth-order valence-corrected chi connectivity index (χ4v) is 1.25. The molecule has 1 aromatic carbocycles. The van der Waals surface area contributed by atoms with Gasteiger partial charge in [0, 0.05) is 6.54 Å². The molecule has 1 rings (SSSR count). The highest BCUT2D eigenvalue weighted by atomic mass is 16.3. The van der Waals surface area contributed by atoms with E-state index in [1.54, 1.807) is 0 Å². The van der Waals surface area contributed by atoms with Crippen LogP contribution in [-0.4, -0.2) is 11.7 Å². The smallest absolute Gasteiger partial charge is 0.0684 e. The lowest BCUT2D eigenvalue weighted by atomic mass is 10.0. The van der Waals surface area contributed by atoms with E-state index in [0.29, 0.717) is 6.54 Å². The molecule has 0 heterocycles. The molecule has 0 unspecified atom stereocenters. The van der Waals surface area contributed by atoms with Crippen LogP contribution in [0.25, 0.3) is 6.08 Å². The molecular weight excluding hydrogens is 162 g/mol. The van der Waals surface area contributed by atoms with Crippen LogP contribution in [0.15, 0.2) is 24.3 Å². The van der Waals surface area contributed by atoms with E-state index in [0.717, 1.165) is 16.7 Å². The SMILES string of the molecule is Cc1c(C=CCN)cccc1CO. The van der Waals surface area contributed by atoms with Crippen LogP contribution in [-0.2, 0) is 6.61 Å². The highest BCUT2D eigenvalue weighted by molar-refractivity contribution is 5.55. The molecular formula is C11H15NO. The first-order valence-corrected chi connectivity index (χ1v) is 4.35. The Labute approximate surface area is 78.7 Å². The summed E-state index contributed by atoms with van der Waals surface area (Å²) >= 11 is 0. The van der Waals surface area contributed by atoms with Crippen molar-refractivity contribution >= 4 is 6.08 Å². The van der Waals surface area contributed by atoms with Crippen LogP contribution in [0.1, 0.15) is 16.7 Å². The molecule has 2 heteroatoms. The zero-order valence-corrected chi connectivity index (χ0v) is 7.83. The lowest BCUT2D eigenvalue weighted by Crippen LogP contribution is -1.94. The zero-order chi connectivity index (χ0) is 9.68. The molecule has 70 valence electrons. The van der Waals surface area contributed by atoms with Gasteiger partial charge in [-0.05, 0) is 23.6 Å². The van der Waals surface area contributed by atoms with Crippen molar-refractivity contribution in [3.8, 4) is 0 Å².